The van der Waals surface area contributed by atoms with Crippen molar-refractivity contribution in [3.05, 3.63) is 34.0 Å². The molecule has 0 atom stereocenters. The molecule has 16 heavy (non-hydrogen) atoms. The van der Waals surface area contributed by atoms with E-state index in [4.69, 9.17) is 0 Å². The molecule has 0 spiro atoms. The lowest BCUT2D eigenvalue weighted by molar-refractivity contribution is -0.389. The number of amides is 1. The maximum absolute atomic E-state index is 11.5. The van der Waals surface area contributed by atoms with Crippen LogP contribution in [0.15, 0.2) is 18.3 Å². The van der Waals surface area contributed by atoms with Crippen LogP contribution in [0, 0.1) is 10.1 Å². The monoisotopic (exact) mass is 223 g/mol. The number of hydrogen-bond donors (Lipinski definition) is 1. The molecule has 1 heterocycles. The fourth-order valence-corrected chi connectivity index (χ4v) is 1.14. The van der Waals surface area contributed by atoms with E-state index in [9.17, 15) is 14.9 Å². The van der Waals surface area contributed by atoms with Crippen LogP contribution in [0.3, 0.4) is 0 Å². The number of nitro groups is 1. The Bertz CT molecular complexity index is 393. The van der Waals surface area contributed by atoms with E-state index in [2.05, 4.69) is 10.3 Å². The van der Waals surface area contributed by atoms with Crippen molar-refractivity contribution in [2.75, 3.05) is 6.54 Å². The third-order valence-electron chi connectivity index (χ3n) is 2.01. The number of rotatable bonds is 5. The first-order valence-electron chi connectivity index (χ1n) is 5.03. The van der Waals surface area contributed by atoms with Gasteiger partial charge >= 0.3 is 5.82 Å². The Labute approximate surface area is 92.8 Å². The summed E-state index contributed by atoms with van der Waals surface area (Å²) in [7, 11) is 0. The molecule has 1 amide bonds. The van der Waals surface area contributed by atoms with Gasteiger partial charge in [-0.05, 0) is 22.4 Å². The van der Waals surface area contributed by atoms with Gasteiger partial charge in [0, 0.05) is 12.6 Å². The van der Waals surface area contributed by atoms with E-state index in [1.165, 1.54) is 18.3 Å². The summed E-state index contributed by atoms with van der Waals surface area (Å²) in [6, 6.07) is 2.62. The largest absolute Gasteiger partial charge is 0.364 e. The summed E-state index contributed by atoms with van der Waals surface area (Å²) in [5, 5.41) is 13.1. The molecule has 86 valence electrons. The van der Waals surface area contributed by atoms with Gasteiger partial charge in [-0.15, -0.1) is 0 Å². The highest BCUT2D eigenvalue weighted by Gasteiger charge is 2.12. The van der Waals surface area contributed by atoms with Crippen LogP contribution in [0.2, 0.25) is 0 Å². The molecule has 0 aromatic carbocycles. The predicted molar refractivity (Wildman–Crippen MR) is 58.1 cm³/mol. The zero-order valence-electron chi connectivity index (χ0n) is 8.97. The Kier molecular flexibility index (Phi) is 4.38. The molecule has 6 nitrogen and oxygen atoms in total. The molecule has 1 aromatic rings. The quantitative estimate of drug-likeness (QED) is 0.466. The van der Waals surface area contributed by atoms with Crippen LogP contribution in [0.5, 0.6) is 0 Å². The first kappa shape index (κ1) is 12.1. The van der Waals surface area contributed by atoms with Crippen LogP contribution in [-0.2, 0) is 0 Å². The number of carbonyl (C=O) groups excluding carboxylic acids is 1. The molecule has 0 saturated heterocycles. The number of nitrogens with one attached hydrogen (secondary N) is 1. The highest BCUT2D eigenvalue weighted by molar-refractivity contribution is 5.94. The van der Waals surface area contributed by atoms with Crippen LogP contribution in [0.4, 0.5) is 5.82 Å². The standard InChI is InChI=1S/C10H13N3O3/c1-2-3-5-12-10(14)8-4-6-11-9(7-8)13(15)16/h4,6-7H,2-3,5H2,1H3,(H,12,14). The van der Waals surface area contributed by atoms with E-state index in [-0.39, 0.29) is 17.3 Å². The molecule has 0 unspecified atom stereocenters. The second-order valence-electron chi connectivity index (χ2n) is 3.27. The second-order valence-corrected chi connectivity index (χ2v) is 3.27. The van der Waals surface area contributed by atoms with Gasteiger partial charge in [0.05, 0.1) is 5.56 Å². The predicted octanol–water partition coefficient (Wildman–Crippen LogP) is 1.52. The molecule has 0 bridgehead atoms. The van der Waals surface area contributed by atoms with Gasteiger partial charge in [-0.3, -0.25) is 4.79 Å². The second kappa shape index (κ2) is 5.79. The Morgan fingerprint density at radius 3 is 3.00 bits per heavy atom. The third kappa shape index (κ3) is 3.30. The van der Waals surface area contributed by atoms with E-state index in [0.717, 1.165) is 12.8 Å². The molecule has 1 N–H and O–H groups in total. The van der Waals surface area contributed by atoms with Crippen molar-refractivity contribution in [3.8, 4) is 0 Å². The number of pyridine rings is 1. The molecule has 0 aliphatic carbocycles. The molecule has 0 aliphatic heterocycles. The van der Waals surface area contributed by atoms with Crippen molar-refractivity contribution in [2.24, 2.45) is 0 Å². The van der Waals surface area contributed by atoms with E-state index >= 15 is 0 Å². The Balaban J connectivity index is 2.68. The molecule has 0 aliphatic rings. The number of aromatic nitrogens is 1. The third-order valence-corrected chi connectivity index (χ3v) is 2.01. The van der Waals surface area contributed by atoms with Crippen molar-refractivity contribution in [3.63, 3.8) is 0 Å². The van der Waals surface area contributed by atoms with E-state index in [1.807, 2.05) is 6.92 Å². The minimum Gasteiger partial charge on any atom is -0.358 e. The van der Waals surface area contributed by atoms with Gasteiger partial charge in [-0.2, -0.15) is 0 Å². The summed E-state index contributed by atoms with van der Waals surface area (Å²) in [6.45, 7) is 2.59. The average molecular weight is 223 g/mol. The summed E-state index contributed by atoms with van der Waals surface area (Å²) in [6.07, 6.45) is 3.13. The van der Waals surface area contributed by atoms with Crippen LogP contribution < -0.4 is 5.32 Å². The van der Waals surface area contributed by atoms with E-state index < -0.39 is 4.92 Å². The topological polar surface area (TPSA) is 85.1 Å². The van der Waals surface area contributed by atoms with Gasteiger partial charge in [-0.1, -0.05) is 13.3 Å². The van der Waals surface area contributed by atoms with Gasteiger partial charge in [-0.25, -0.2) is 0 Å². The van der Waals surface area contributed by atoms with Gasteiger partial charge in [0.15, 0.2) is 0 Å². The Morgan fingerprint density at radius 1 is 1.62 bits per heavy atom. The van der Waals surface area contributed by atoms with Gasteiger partial charge in [0.25, 0.3) is 5.91 Å². The maximum Gasteiger partial charge on any atom is 0.364 e. The van der Waals surface area contributed by atoms with E-state index in [0.29, 0.717) is 6.54 Å². The van der Waals surface area contributed by atoms with Crippen LogP contribution >= 0.6 is 0 Å². The van der Waals surface area contributed by atoms with Crippen molar-refractivity contribution in [2.45, 2.75) is 19.8 Å². The summed E-state index contributed by atoms with van der Waals surface area (Å²) >= 11 is 0. The first-order valence-corrected chi connectivity index (χ1v) is 5.03. The smallest absolute Gasteiger partial charge is 0.358 e. The molecule has 0 fully saturated rings. The lowest BCUT2D eigenvalue weighted by atomic mass is 10.2. The zero-order valence-corrected chi connectivity index (χ0v) is 8.97. The molecular formula is C10H13N3O3. The van der Waals surface area contributed by atoms with Gasteiger partial charge in [0.1, 0.15) is 6.20 Å². The van der Waals surface area contributed by atoms with E-state index in [1.54, 1.807) is 0 Å². The van der Waals surface area contributed by atoms with Crippen LogP contribution in [-0.4, -0.2) is 22.4 Å². The summed E-state index contributed by atoms with van der Waals surface area (Å²) in [4.78, 5) is 24.9. The molecule has 1 aromatic heterocycles. The summed E-state index contributed by atoms with van der Waals surface area (Å²) < 4.78 is 0. The van der Waals surface area contributed by atoms with Crippen molar-refractivity contribution >= 4 is 11.7 Å². The first-order chi connectivity index (χ1) is 7.65. The van der Waals surface area contributed by atoms with Gasteiger partial charge < -0.3 is 15.4 Å². The number of nitrogens with zero attached hydrogens (tertiary/aromatic N) is 2. The van der Waals surface area contributed by atoms with Gasteiger partial charge in [0.2, 0.25) is 0 Å². The molecule has 6 heteroatoms. The fourth-order valence-electron chi connectivity index (χ4n) is 1.14. The van der Waals surface area contributed by atoms with Crippen LogP contribution in [0.25, 0.3) is 0 Å². The maximum atomic E-state index is 11.5. The minimum atomic E-state index is -0.622. The molecular weight excluding hydrogens is 210 g/mol. The summed E-state index contributed by atoms with van der Waals surface area (Å²) in [5.41, 5.74) is 0.262. The molecule has 1 rings (SSSR count). The minimum absolute atomic E-state index is 0.262. The average Bonchev–Trinajstić information content (AvgIpc) is 2.29. The normalized spacial score (nSPS) is 9.81. The highest BCUT2D eigenvalue weighted by atomic mass is 16.6. The SMILES string of the molecule is CCCCNC(=O)c1ccnc([N+](=O)[O-])c1. The number of carbonyl (C=O) groups is 1. The number of unbranched alkanes of at least 4 members (excludes halogenated alkanes) is 1. The van der Waals surface area contributed by atoms with Crippen LogP contribution in [0.1, 0.15) is 30.1 Å². The summed E-state index contributed by atoms with van der Waals surface area (Å²) in [5.74, 6) is -0.623. The van der Waals surface area contributed by atoms with Crippen molar-refractivity contribution < 1.29 is 9.72 Å². The Hall–Kier alpha value is -1.98. The molecule has 0 saturated carbocycles. The number of hydrogen-bond acceptors (Lipinski definition) is 4. The van der Waals surface area contributed by atoms with Crippen molar-refractivity contribution in [1.29, 1.82) is 0 Å². The lowest BCUT2D eigenvalue weighted by Gasteiger charge is -2.03. The highest BCUT2D eigenvalue weighted by Crippen LogP contribution is 2.08. The molecule has 0 radical (unpaired) electrons. The Morgan fingerprint density at radius 2 is 2.38 bits per heavy atom. The zero-order chi connectivity index (χ0) is 12.0. The van der Waals surface area contributed by atoms with Crippen molar-refractivity contribution in [1.82, 2.24) is 10.3 Å². The lowest BCUT2D eigenvalue weighted by Crippen LogP contribution is -2.24. The fraction of sp³-hybridized carbons (Fsp3) is 0.400.